The molecule has 0 aliphatic carbocycles. The Morgan fingerprint density at radius 2 is 1.74 bits per heavy atom. The highest BCUT2D eigenvalue weighted by molar-refractivity contribution is 9.09. The van der Waals surface area contributed by atoms with E-state index < -0.39 is 53.6 Å². The molecule has 54 heavy (non-hydrogen) atoms. The van der Waals surface area contributed by atoms with Crippen molar-refractivity contribution in [3.05, 3.63) is 85.5 Å². The number of carbonyl (C=O) groups excluding carboxylic acids is 4. The number of allylic oxidation sites excluding steroid dienone is 1. The van der Waals surface area contributed by atoms with E-state index in [1.54, 1.807) is 17.1 Å². The predicted octanol–water partition coefficient (Wildman–Crippen LogP) is 5.57. The van der Waals surface area contributed by atoms with Crippen molar-refractivity contribution in [2.75, 3.05) is 42.6 Å². The van der Waals surface area contributed by atoms with Crippen molar-refractivity contribution < 1.29 is 33.8 Å². The van der Waals surface area contributed by atoms with Crippen molar-refractivity contribution in [3.63, 3.8) is 0 Å². The topological polar surface area (TPSA) is 129 Å². The lowest BCUT2D eigenvalue weighted by Crippen LogP contribution is -2.60. The third kappa shape index (κ3) is 7.88. The number of aliphatic hydroxyl groups excluding tert-OH is 1. The van der Waals surface area contributed by atoms with Crippen molar-refractivity contribution in [3.8, 4) is 0 Å². The van der Waals surface area contributed by atoms with Gasteiger partial charge < -0.3 is 34.6 Å². The summed E-state index contributed by atoms with van der Waals surface area (Å²) in [5.41, 5.74) is 0.960. The molecule has 1 spiro atoms. The number of halogens is 1. The molecule has 3 fully saturated rings. The molecule has 292 valence electrons. The number of likely N-dealkylation sites (tertiary alicyclic amines) is 1. The molecule has 11 nitrogen and oxygen atoms in total. The van der Waals surface area contributed by atoms with Gasteiger partial charge in [-0.3, -0.25) is 19.2 Å². The molecule has 2 N–H and O–H groups in total. The lowest BCUT2D eigenvalue weighted by atomic mass is 9.70. The van der Waals surface area contributed by atoms with Crippen LogP contribution in [0.3, 0.4) is 0 Å². The van der Waals surface area contributed by atoms with Gasteiger partial charge in [-0.1, -0.05) is 78.7 Å². The standard InChI is InChI=1S/C42H55BrN4O7/c1-7-12-18-34(49)44-25-33(28-16-14-13-15-17-28)53-41(52)35-36-39(50)47(32(26-48)27(6)9-3)38(42(36)24-31(43)37(35)54-42)40(51)46(23-8-2)30-21-19-29(20-22-30)45(10-4)11-5/h7-8,13-17,19-22,27,31-33,35-38,48H,1-2,9-12,18,23-26H2,3-6H3,(H,44,49)/t27-,31?,32-,33+,35+,36-,37+,38+,42-/m0/s1. The van der Waals surface area contributed by atoms with Crippen molar-refractivity contribution in [2.45, 2.75) is 88.1 Å². The monoisotopic (exact) mass is 806 g/mol. The van der Waals surface area contributed by atoms with Gasteiger partial charge in [0.2, 0.25) is 11.8 Å². The van der Waals surface area contributed by atoms with Crippen molar-refractivity contribution in [1.29, 1.82) is 0 Å². The number of hydrogen-bond donors (Lipinski definition) is 2. The number of nitrogens with zero attached hydrogens (tertiary/aromatic N) is 3. The van der Waals surface area contributed by atoms with E-state index in [2.05, 4.69) is 53.2 Å². The first-order valence-electron chi connectivity index (χ1n) is 19.2. The number of esters is 1. The van der Waals surface area contributed by atoms with E-state index in [4.69, 9.17) is 9.47 Å². The Kier molecular flexibility index (Phi) is 13.8. The molecule has 2 aromatic carbocycles. The van der Waals surface area contributed by atoms with Gasteiger partial charge in [0.25, 0.3) is 5.91 Å². The summed E-state index contributed by atoms with van der Waals surface area (Å²) >= 11 is 3.76. The molecule has 3 aliphatic rings. The number of carbonyl (C=O) groups is 4. The number of alkyl halides is 1. The molecule has 12 heteroatoms. The Balaban J connectivity index is 1.53. The molecule has 5 rings (SSSR count). The van der Waals surface area contributed by atoms with Crippen LogP contribution in [-0.2, 0) is 28.7 Å². The Labute approximate surface area is 327 Å². The normalized spacial score (nSPS) is 25.7. The zero-order valence-corrected chi connectivity index (χ0v) is 33.5. The van der Waals surface area contributed by atoms with Crippen LogP contribution in [0, 0.1) is 17.8 Å². The molecule has 9 atom stereocenters. The minimum Gasteiger partial charge on any atom is -0.455 e. The second-order valence-electron chi connectivity index (χ2n) is 14.4. The summed E-state index contributed by atoms with van der Waals surface area (Å²) in [6.07, 6.45) is 3.42. The Morgan fingerprint density at radius 3 is 2.33 bits per heavy atom. The van der Waals surface area contributed by atoms with Gasteiger partial charge in [-0.05, 0) is 62.4 Å². The maximum atomic E-state index is 15.2. The van der Waals surface area contributed by atoms with Gasteiger partial charge in [0, 0.05) is 42.3 Å². The van der Waals surface area contributed by atoms with Crippen LogP contribution in [0.4, 0.5) is 11.4 Å². The summed E-state index contributed by atoms with van der Waals surface area (Å²) in [7, 11) is 0. The lowest BCUT2D eigenvalue weighted by molar-refractivity contribution is -0.161. The molecule has 1 unspecified atom stereocenters. The average molecular weight is 808 g/mol. The van der Waals surface area contributed by atoms with Gasteiger partial charge >= 0.3 is 5.97 Å². The molecule has 3 heterocycles. The second-order valence-corrected chi connectivity index (χ2v) is 15.6. The predicted molar refractivity (Wildman–Crippen MR) is 213 cm³/mol. The van der Waals surface area contributed by atoms with Gasteiger partial charge in [0.15, 0.2) is 0 Å². The Morgan fingerprint density at radius 1 is 1.07 bits per heavy atom. The van der Waals surface area contributed by atoms with Crippen LogP contribution in [0.25, 0.3) is 0 Å². The summed E-state index contributed by atoms with van der Waals surface area (Å²) in [5.74, 6) is -3.89. The quantitative estimate of drug-likeness (QED) is 0.107. The Hall–Kier alpha value is -4.00. The molecule has 2 aromatic rings. The highest BCUT2D eigenvalue weighted by atomic mass is 79.9. The number of fused-ring (bicyclic) bond motifs is 1. The minimum atomic E-state index is -1.38. The summed E-state index contributed by atoms with van der Waals surface area (Å²) in [6.45, 7) is 17.2. The second kappa shape index (κ2) is 18.1. The van der Waals surface area contributed by atoms with Crippen molar-refractivity contribution in [1.82, 2.24) is 10.2 Å². The number of rotatable bonds is 19. The molecule has 3 saturated heterocycles. The van der Waals surface area contributed by atoms with Crippen LogP contribution in [0.5, 0.6) is 0 Å². The minimum absolute atomic E-state index is 0.0306. The fraction of sp³-hybridized carbons (Fsp3) is 0.524. The fourth-order valence-corrected chi connectivity index (χ4v) is 9.40. The molecular weight excluding hydrogens is 752 g/mol. The first-order valence-corrected chi connectivity index (χ1v) is 20.1. The van der Waals surface area contributed by atoms with Crippen molar-refractivity contribution in [2.24, 2.45) is 17.8 Å². The summed E-state index contributed by atoms with van der Waals surface area (Å²) < 4.78 is 13.0. The van der Waals surface area contributed by atoms with Crippen LogP contribution in [0.15, 0.2) is 79.9 Å². The van der Waals surface area contributed by atoms with Crippen LogP contribution in [-0.4, -0.2) is 95.1 Å². The molecular formula is C42H55BrN4O7. The summed E-state index contributed by atoms with van der Waals surface area (Å²) in [6, 6.07) is 15.0. The summed E-state index contributed by atoms with van der Waals surface area (Å²) in [4.78, 5) is 62.2. The number of anilines is 2. The van der Waals surface area contributed by atoms with E-state index in [0.717, 1.165) is 18.8 Å². The molecule has 2 bridgehead atoms. The molecule has 0 radical (unpaired) electrons. The average Bonchev–Trinajstić information content (AvgIpc) is 3.78. The van der Waals surface area contributed by atoms with Gasteiger partial charge in [-0.2, -0.15) is 0 Å². The van der Waals surface area contributed by atoms with Gasteiger partial charge in [-0.25, -0.2) is 0 Å². The van der Waals surface area contributed by atoms with Crippen LogP contribution in [0.2, 0.25) is 0 Å². The fourth-order valence-electron chi connectivity index (χ4n) is 8.46. The van der Waals surface area contributed by atoms with E-state index in [0.29, 0.717) is 30.5 Å². The largest absolute Gasteiger partial charge is 0.455 e. The summed E-state index contributed by atoms with van der Waals surface area (Å²) in [5, 5.41) is 13.7. The Bertz CT molecular complexity index is 1650. The molecule has 3 aliphatic heterocycles. The van der Waals surface area contributed by atoms with E-state index in [1.165, 1.54) is 4.90 Å². The van der Waals surface area contributed by atoms with Gasteiger partial charge in [0.1, 0.15) is 17.7 Å². The number of ether oxygens (including phenoxy) is 2. The zero-order chi connectivity index (χ0) is 39.2. The lowest BCUT2D eigenvalue weighted by Gasteiger charge is -2.41. The molecule has 3 amide bonds. The van der Waals surface area contributed by atoms with Gasteiger partial charge in [0.05, 0.1) is 37.1 Å². The first kappa shape index (κ1) is 41.2. The third-order valence-electron chi connectivity index (χ3n) is 11.4. The highest BCUT2D eigenvalue weighted by Crippen LogP contribution is 2.61. The molecule has 0 saturated carbocycles. The zero-order valence-electron chi connectivity index (χ0n) is 31.9. The van der Waals surface area contributed by atoms with Crippen LogP contribution >= 0.6 is 15.9 Å². The van der Waals surface area contributed by atoms with Crippen LogP contribution in [0.1, 0.15) is 65.0 Å². The number of hydrogen-bond acceptors (Lipinski definition) is 8. The molecule has 0 aromatic heterocycles. The van der Waals surface area contributed by atoms with Gasteiger partial charge in [-0.15, -0.1) is 13.2 Å². The smallest absolute Gasteiger partial charge is 0.313 e. The number of amides is 3. The third-order valence-corrected chi connectivity index (χ3v) is 12.3. The number of benzene rings is 2. The SMILES string of the molecule is C=CCCC(=O)NC[C@@H](OC(=O)[C@H]1[C@@H]2O[C@@]3(CC2Br)[C@@H]1C(=O)N([C@@H](CO)[C@@H](C)CC)[C@@H]3C(=O)N(CC=C)c1ccc(N(CC)CC)cc1)c1ccccc1. The maximum Gasteiger partial charge on any atom is 0.313 e. The number of nitrogens with one attached hydrogen (secondary N) is 1. The van der Waals surface area contributed by atoms with E-state index in [9.17, 15) is 19.5 Å². The first-order chi connectivity index (χ1) is 26.0. The van der Waals surface area contributed by atoms with E-state index in [1.807, 2.05) is 68.4 Å². The maximum absolute atomic E-state index is 15.2. The number of aliphatic hydroxyl groups is 1. The van der Waals surface area contributed by atoms with Crippen LogP contribution < -0.4 is 15.1 Å². The van der Waals surface area contributed by atoms with E-state index in [-0.39, 0.29) is 48.7 Å². The highest BCUT2D eigenvalue weighted by Gasteiger charge is 2.77. The van der Waals surface area contributed by atoms with E-state index >= 15 is 4.79 Å². The van der Waals surface area contributed by atoms with Crippen molar-refractivity contribution >= 4 is 51.0 Å².